The third-order valence-electron chi connectivity index (χ3n) is 20.9. The monoisotopic (exact) mass is 1860 g/mol. The first-order chi connectivity index (χ1) is 61.7. The van der Waals surface area contributed by atoms with Gasteiger partial charge in [-0.05, 0) is 294 Å². The Hall–Kier alpha value is -13.4. The summed E-state index contributed by atoms with van der Waals surface area (Å²) in [5.74, 6) is 5.32. The van der Waals surface area contributed by atoms with Crippen molar-refractivity contribution in [2.75, 3.05) is 41.0 Å². The molecule has 0 spiro atoms. The van der Waals surface area contributed by atoms with Crippen molar-refractivity contribution in [3.63, 3.8) is 0 Å². The predicted octanol–water partition coefficient (Wildman–Crippen LogP) is 23.6. The second kappa shape index (κ2) is 42.2. The summed E-state index contributed by atoms with van der Waals surface area (Å²) in [5.41, 5.74) is 12.1. The SMILES string of the molecule is COc1ccc(-c2ccc(Oc3ccc(S(=O)(=O)c4ccc(C)cc4)cc3)cc2)cc1.COc1ccc(C(C)(C)c2ccc(Oc3ccc(S(=O)(=O)c4ccc(C)cc4)cc3)cc2)cc1.COc1ccc(S(=O)(=O)c2ccc(C)cc2)cc1.COc1cccc(S(=O)(=O)c2ccc(C)cc2)c1.Cc1ccc(S(C)(=O)=O)cc1.Cc1ccc2oc3ccc(S(C)(=O)=O)cc3c2c1. The highest BCUT2D eigenvalue weighted by molar-refractivity contribution is 7.92. The molecule has 0 radical (unpaired) electrons. The number of ether oxygens (including phenoxy) is 6. The molecule has 0 N–H and O–H groups in total. The lowest BCUT2D eigenvalue weighted by atomic mass is 9.78. The van der Waals surface area contributed by atoms with Crippen molar-refractivity contribution >= 4 is 81.0 Å². The molecular weight excluding hydrogens is 1760 g/mol. The van der Waals surface area contributed by atoms with E-state index in [1.54, 1.807) is 252 Å². The average Bonchev–Trinajstić information content (AvgIpc) is 1.57. The number of benzene rings is 15. The van der Waals surface area contributed by atoms with E-state index < -0.39 is 59.0 Å². The molecule has 25 heteroatoms. The van der Waals surface area contributed by atoms with Crippen LogP contribution in [0.5, 0.6) is 46.0 Å². The van der Waals surface area contributed by atoms with Crippen molar-refractivity contribution in [1.29, 1.82) is 0 Å². The molecule has 0 atom stereocenters. The van der Waals surface area contributed by atoms with Crippen molar-refractivity contribution in [2.45, 2.75) is 110 Å². The summed E-state index contributed by atoms with van der Waals surface area (Å²) in [6, 6.07) is 102. The van der Waals surface area contributed by atoms with Gasteiger partial charge in [0.05, 0.1) is 77.4 Å². The van der Waals surface area contributed by atoms with E-state index in [0.717, 1.165) is 77.9 Å². The minimum Gasteiger partial charge on any atom is -0.497 e. The van der Waals surface area contributed by atoms with Crippen molar-refractivity contribution in [1.82, 2.24) is 0 Å². The quantitative estimate of drug-likeness (QED) is 0.0646. The minimum atomic E-state index is -3.56. The number of hydrogen-bond acceptors (Lipinski definition) is 19. The van der Waals surface area contributed by atoms with Gasteiger partial charge in [0, 0.05) is 28.7 Å². The van der Waals surface area contributed by atoms with Crippen LogP contribution in [0.3, 0.4) is 0 Å². The van der Waals surface area contributed by atoms with Crippen LogP contribution < -0.4 is 28.4 Å². The van der Waals surface area contributed by atoms with Gasteiger partial charge in [0.2, 0.25) is 39.3 Å². The van der Waals surface area contributed by atoms with Crippen LogP contribution in [0.25, 0.3) is 33.1 Å². The maximum atomic E-state index is 12.9. The Kier molecular flexibility index (Phi) is 31.6. The van der Waals surface area contributed by atoms with Crippen LogP contribution >= 0.6 is 0 Å². The average molecular weight is 1860 g/mol. The number of hydrogen-bond donors (Lipinski definition) is 0. The summed E-state index contributed by atoms with van der Waals surface area (Å²) >= 11 is 0. The van der Waals surface area contributed by atoms with Gasteiger partial charge in [0.1, 0.15) is 57.2 Å². The topological polar surface area (TPSA) is 273 Å². The molecule has 16 aromatic rings. The molecule has 0 aliphatic rings. The van der Waals surface area contributed by atoms with Gasteiger partial charge in [0.15, 0.2) is 19.7 Å². The highest BCUT2D eigenvalue weighted by Gasteiger charge is 2.26. The lowest BCUT2D eigenvalue weighted by Crippen LogP contribution is -2.18. The largest absolute Gasteiger partial charge is 0.497 e. The Morgan fingerprint density at radius 2 is 0.462 bits per heavy atom. The van der Waals surface area contributed by atoms with E-state index >= 15 is 0 Å². The van der Waals surface area contributed by atoms with Crippen LogP contribution in [0.2, 0.25) is 0 Å². The first-order valence-corrected chi connectivity index (χ1v) is 50.4. The summed E-state index contributed by atoms with van der Waals surface area (Å²) in [6.45, 7) is 16.0. The van der Waals surface area contributed by atoms with Gasteiger partial charge in [-0.1, -0.05) is 169 Å². The number of fused-ring (bicyclic) bond motifs is 3. The van der Waals surface area contributed by atoms with Crippen LogP contribution in [-0.2, 0) is 64.4 Å². The molecule has 130 heavy (non-hydrogen) atoms. The highest BCUT2D eigenvalue weighted by atomic mass is 32.2. The molecule has 15 aromatic carbocycles. The van der Waals surface area contributed by atoms with Gasteiger partial charge >= 0.3 is 0 Å². The van der Waals surface area contributed by atoms with Crippen molar-refractivity contribution in [3.8, 4) is 57.1 Å². The zero-order chi connectivity index (χ0) is 93.9. The zero-order valence-corrected chi connectivity index (χ0v) is 79.1. The molecule has 0 unspecified atom stereocenters. The molecule has 19 nitrogen and oxygen atoms in total. The Labute approximate surface area is 762 Å². The smallest absolute Gasteiger partial charge is 0.206 e. The van der Waals surface area contributed by atoms with Gasteiger partial charge in [-0.3, -0.25) is 0 Å². The molecule has 1 aromatic heterocycles. The number of aryl methyl sites for hydroxylation is 6. The summed E-state index contributed by atoms with van der Waals surface area (Å²) in [7, 11) is -13.9. The summed E-state index contributed by atoms with van der Waals surface area (Å²) in [4.78, 5) is 2.83. The normalized spacial score (nSPS) is 11.5. The Morgan fingerprint density at radius 3 is 0.777 bits per heavy atom. The summed E-state index contributed by atoms with van der Waals surface area (Å²) < 4.78 is 184. The molecule has 0 amide bonds. The second-order valence-corrected chi connectivity index (χ2v) is 42.8. The van der Waals surface area contributed by atoms with E-state index in [1.807, 2.05) is 133 Å². The maximum Gasteiger partial charge on any atom is 0.206 e. The zero-order valence-electron chi connectivity index (χ0n) is 74.2. The van der Waals surface area contributed by atoms with E-state index in [0.29, 0.717) is 59.7 Å². The summed E-state index contributed by atoms with van der Waals surface area (Å²) in [6.07, 6.45) is 2.42. The van der Waals surface area contributed by atoms with Gasteiger partial charge in [0.25, 0.3) is 0 Å². The minimum absolute atomic E-state index is 0.184. The van der Waals surface area contributed by atoms with E-state index in [2.05, 4.69) is 38.1 Å². The first-order valence-electron chi connectivity index (χ1n) is 40.7. The lowest BCUT2D eigenvalue weighted by Gasteiger charge is -2.26. The fourth-order valence-electron chi connectivity index (χ4n) is 13.1. The van der Waals surface area contributed by atoms with Crippen molar-refractivity contribution in [3.05, 3.63) is 396 Å². The third kappa shape index (κ3) is 25.1. The third-order valence-corrected chi connectivity index (χ3v) is 30.3. The Morgan fingerprint density at radius 1 is 0.223 bits per heavy atom. The highest BCUT2D eigenvalue weighted by Crippen LogP contribution is 2.38. The standard InChI is InChI=1S/C29H28O4S.C26H22O4S.C14H12O3S.2C14H14O3S.C8H10O2S/c1-21-5-17-27(18-6-21)34(30,31)28-19-15-26(16-20-28)33-25-13-9-23(10-14-25)29(2,3)22-7-11-24(32-4)12-8-22;1-19-3-15-25(16-4-19)31(27,28)26-17-13-24(14-18-26)30-23-11-7-21(8-12-23)20-5-9-22(29-2)10-6-20;1-9-3-5-13-11(7-9)12-8-10(18(2,15)16)4-6-14(12)17-13;1-11-3-7-13(8-4-11)18(15,16)14-9-5-12(17-2)6-10-14;1-11-6-8-13(9-7-11)18(15,16)14-5-3-4-12(10-14)17-2;1-7-3-5-8(6-4-7)11(2,9)10/h5-20H,1-4H3;3-18H,1-2H3;3-8H,1-2H3;2*3-10H,1-2H3;3-6H,1-2H3. The number of sulfone groups is 6. The van der Waals surface area contributed by atoms with E-state index in [1.165, 1.54) is 31.3 Å². The maximum absolute atomic E-state index is 12.9. The molecule has 0 aliphatic heterocycles. The molecule has 0 bridgehead atoms. The fourth-order valence-corrected chi connectivity index (χ4v) is 19.4. The van der Waals surface area contributed by atoms with Crippen LogP contribution in [0, 0.1) is 41.5 Å². The molecular formula is C105H100O19S6. The van der Waals surface area contributed by atoms with Crippen LogP contribution in [0.1, 0.15) is 58.4 Å². The van der Waals surface area contributed by atoms with Gasteiger partial charge in [-0.15, -0.1) is 0 Å². The molecule has 0 aliphatic carbocycles. The predicted molar refractivity (Wildman–Crippen MR) is 511 cm³/mol. The molecule has 0 fully saturated rings. The van der Waals surface area contributed by atoms with Crippen molar-refractivity contribution < 1.29 is 83.3 Å². The van der Waals surface area contributed by atoms with Crippen LogP contribution in [0.15, 0.2) is 405 Å². The van der Waals surface area contributed by atoms with Crippen LogP contribution in [0.4, 0.5) is 0 Å². The summed E-state index contributed by atoms with van der Waals surface area (Å²) in [5, 5.41) is 1.80. The Bertz CT molecular complexity index is 7290. The number of furan rings is 1. The second-order valence-electron chi connectivity index (χ2n) is 31.0. The molecule has 16 rings (SSSR count). The number of methoxy groups -OCH3 is 4. The van der Waals surface area contributed by atoms with Crippen LogP contribution in [-0.4, -0.2) is 91.5 Å². The van der Waals surface area contributed by atoms with E-state index in [-0.39, 0.29) is 34.8 Å². The fraction of sp³-hybridized carbons (Fsp3) is 0.143. The Balaban J connectivity index is 0.000000156. The lowest BCUT2D eigenvalue weighted by molar-refractivity contribution is 0.413. The molecule has 0 saturated heterocycles. The molecule has 670 valence electrons. The van der Waals surface area contributed by atoms with E-state index in [4.69, 9.17) is 32.8 Å². The van der Waals surface area contributed by atoms with E-state index in [9.17, 15) is 50.5 Å². The number of rotatable bonds is 21. The van der Waals surface area contributed by atoms with Gasteiger partial charge < -0.3 is 32.8 Å². The molecule has 0 saturated carbocycles. The van der Waals surface area contributed by atoms with Gasteiger partial charge in [-0.2, -0.15) is 0 Å². The van der Waals surface area contributed by atoms with Crippen molar-refractivity contribution in [2.24, 2.45) is 0 Å². The first kappa shape index (κ1) is 97.2. The van der Waals surface area contributed by atoms with Gasteiger partial charge in [-0.25, -0.2) is 50.5 Å². The molecule has 1 heterocycles.